The third kappa shape index (κ3) is 6.13. The maximum Gasteiger partial charge on any atom is 0.410 e. The number of ether oxygens (including phenoxy) is 3. The van der Waals surface area contributed by atoms with Crippen LogP contribution < -0.4 is 9.64 Å². The van der Waals surface area contributed by atoms with E-state index in [1.807, 2.05) is 51.1 Å². The summed E-state index contributed by atoms with van der Waals surface area (Å²) in [6.45, 7) is 8.69. The number of nitrogens with zero attached hydrogens (tertiary/aromatic N) is 2. The highest BCUT2D eigenvalue weighted by molar-refractivity contribution is 5.69. The van der Waals surface area contributed by atoms with Crippen LogP contribution in [0.1, 0.15) is 26.3 Å². The molecular weight excluding hydrogens is 380 g/mol. The van der Waals surface area contributed by atoms with Gasteiger partial charge in [0.1, 0.15) is 18.0 Å². The molecule has 1 aliphatic rings. The second-order valence-electron chi connectivity index (χ2n) is 8.50. The number of methoxy groups -OCH3 is 1. The molecule has 1 heterocycles. The van der Waals surface area contributed by atoms with Gasteiger partial charge in [-0.3, -0.25) is 4.90 Å². The van der Waals surface area contributed by atoms with Crippen LogP contribution >= 0.6 is 0 Å². The third-order valence-electron chi connectivity index (χ3n) is 4.92. The molecular formula is C24H32N2O4. The Bertz CT molecular complexity index is 802. The number of benzene rings is 2. The molecule has 162 valence electrons. The van der Waals surface area contributed by atoms with Gasteiger partial charge in [0.05, 0.1) is 12.6 Å². The van der Waals surface area contributed by atoms with Gasteiger partial charge in [0.25, 0.3) is 0 Å². The number of hydrogen-bond donors (Lipinski definition) is 0. The lowest BCUT2D eigenvalue weighted by Gasteiger charge is -2.42. The molecule has 6 nitrogen and oxygen atoms in total. The molecule has 0 aromatic heterocycles. The van der Waals surface area contributed by atoms with Gasteiger partial charge in [-0.2, -0.15) is 0 Å². The molecule has 1 atom stereocenters. The van der Waals surface area contributed by atoms with Crippen LogP contribution in [-0.2, 0) is 16.1 Å². The highest BCUT2D eigenvalue weighted by Gasteiger charge is 2.33. The predicted octanol–water partition coefficient (Wildman–Crippen LogP) is 4.34. The SMILES string of the molecule is COC[C@H]1CN(c2ccc(OCc3ccccc3)cc2)CCN1C(=O)OC(C)(C)C. The molecule has 0 spiro atoms. The molecule has 0 saturated carbocycles. The summed E-state index contributed by atoms with van der Waals surface area (Å²) in [5, 5.41) is 0. The van der Waals surface area contributed by atoms with Crippen LogP contribution in [0.4, 0.5) is 10.5 Å². The van der Waals surface area contributed by atoms with Crippen molar-refractivity contribution in [2.75, 3.05) is 38.3 Å². The zero-order valence-corrected chi connectivity index (χ0v) is 18.3. The second kappa shape index (κ2) is 9.85. The molecule has 2 aromatic carbocycles. The average molecular weight is 413 g/mol. The number of amides is 1. The minimum Gasteiger partial charge on any atom is -0.489 e. The molecule has 0 unspecified atom stereocenters. The minimum absolute atomic E-state index is 0.0624. The maximum absolute atomic E-state index is 12.6. The quantitative estimate of drug-likeness (QED) is 0.707. The lowest BCUT2D eigenvalue weighted by molar-refractivity contribution is 0.00344. The molecule has 2 aromatic rings. The Morgan fingerprint density at radius 2 is 1.73 bits per heavy atom. The van der Waals surface area contributed by atoms with E-state index >= 15 is 0 Å². The smallest absolute Gasteiger partial charge is 0.410 e. The van der Waals surface area contributed by atoms with E-state index in [4.69, 9.17) is 14.2 Å². The lowest BCUT2D eigenvalue weighted by atomic mass is 10.1. The second-order valence-corrected chi connectivity index (χ2v) is 8.50. The number of piperazine rings is 1. The molecule has 1 fully saturated rings. The topological polar surface area (TPSA) is 51.2 Å². The zero-order chi connectivity index (χ0) is 21.6. The van der Waals surface area contributed by atoms with Crippen molar-refractivity contribution in [2.24, 2.45) is 0 Å². The maximum atomic E-state index is 12.6. The highest BCUT2D eigenvalue weighted by Crippen LogP contribution is 2.24. The Hall–Kier alpha value is -2.73. The van der Waals surface area contributed by atoms with Crippen molar-refractivity contribution in [1.82, 2.24) is 4.90 Å². The number of rotatable bonds is 6. The molecule has 0 bridgehead atoms. The van der Waals surface area contributed by atoms with Crippen LogP contribution in [0.2, 0.25) is 0 Å². The third-order valence-corrected chi connectivity index (χ3v) is 4.92. The molecule has 0 radical (unpaired) electrons. The standard InChI is InChI=1S/C24H32N2O4/c1-24(2,3)30-23(27)26-15-14-25(16-21(26)18-28-4)20-10-12-22(13-11-20)29-17-19-8-6-5-7-9-19/h5-13,21H,14-18H2,1-4H3/t21-/m1/s1. The van der Waals surface area contributed by atoms with E-state index in [2.05, 4.69) is 29.2 Å². The van der Waals surface area contributed by atoms with Crippen LogP contribution in [0, 0.1) is 0 Å². The Kier molecular flexibility index (Phi) is 7.21. The molecule has 1 amide bonds. The first kappa shape index (κ1) is 22.0. The van der Waals surface area contributed by atoms with Crippen LogP contribution in [-0.4, -0.2) is 56.0 Å². The summed E-state index contributed by atoms with van der Waals surface area (Å²) in [7, 11) is 1.66. The molecule has 30 heavy (non-hydrogen) atoms. The Balaban J connectivity index is 1.60. The monoisotopic (exact) mass is 412 g/mol. The molecule has 6 heteroatoms. The minimum atomic E-state index is -0.512. The van der Waals surface area contributed by atoms with E-state index in [1.165, 1.54) is 0 Å². The fraction of sp³-hybridized carbons (Fsp3) is 0.458. The van der Waals surface area contributed by atoms with Crippen molar-refractivity contribution in [3.63, 3.8) is 0 Å². The van der Waals surface area contributed by atoms with Gasteiger partial charge in [0.15, 0.2) is 0 Å². The first-order valence-corrected chi connectivity index (χ1v) is 10.4. The van der Waals surface area contributed by atoms with Gasteiger partial charge in [-0.1, -0.05) is 30.3 Å². The van der Waals surface area contributed by atoms with E-state index in [9.17, 15) is 4.79 Å². The van der Waals surface area contributed by atoms with Gasteiger partial charge in [-0.15, -0.1) is 0 Å². The van der Waals surface area contributed by atoms with Crippen molar-refractivity contribution in [1.29, 1.82) is 0 Å². The van der Waals surface area contributed by atoms with Gasteiger partial charge in [0, 0.05) is 32.4 Å². The van der Waals surface area contributed by atoms with Crippen molar-refractivity contribution < 1.29 is 19.0 Å². The van der Waals surface area contributed by atoms with Crippen molar-refractivity contribution >= 4 is 11.8 Å². The summed E-state index contributed by atoms with van der Waals surface area (Å²) < 4.78 is 16.8. The Labute approximate surface area is 179 Å². The summed E-state index contributed by atoms with van der Waals surface area (Å²) in [5.41, 5.74) is 1.73. The van der Waals surface area contributed by atoms with Crippen LogP contribution in [0.25, 0.3) is 0 Å². The molecule has 0 N–H and O–H groups in total. The van der Waals surface area contributed by atoms with Crippen LogP contribution in [0.5, 0.6) is 5.75 Å². The highest BCUT2D eigenvalue weighted by atomic mass is 16.6. The van der Waals surface area contributed by atoms with E-state index in [1.54, 1.807) is 12.0 Å². The van der Waals surface area contributed by atoms with E-state index in [0.29, 0.717) is 26.3 Å². The Morgan fingerprint density at radius 1 is 1.03 bits per heavy atom. The van der Waals surface area contributed by atoms with Gasteiger partial charge < -0.3 is 19.1 Å². The first-order chi connectivity index (χ1) is 14.4. The zero-order valence-electron chi connectivity index (χ0n) is 18.3. The fourth-order valence-corrected chi connectivity index (χ4v) is 3.48. The molecule has 3 rings (SSSR count). The van der Waals surface area contributed by atoms with Crippen molar-refractivity contribution in [2.45, 2.75) is 39.0 Å². The number of hydrogen-bond acceptors (Lipinski definition) is 5. The van der Waals surface area contributed by atoms with Crippen molar-refractivity contribution in [3.8, 4) is 5.75 Å². The van der Waals surface area contributed by atoms with Gasteiger partial charge in [-0.25, -0.2) is 4.79 Å². The molecule has 1 saturated heterocycles. The van der Waals surface area contributed by atoms with Gasteiger partial charge in [-0.05, 0) is 50.6 Å². The van der Waals surface area contributed by atoms with Crippen LogP contribution in [0.15, 0.2) is 54.6 Å². The Morgan fingerprint density at radius 3 is 2.37 bits per heavy atom. The molecule has 1 aliphatic heterocycles. The molecule has 0 aliphatic carbocycles. The van der Waals surface area contributed by atoms with Gasteiger partial charge >= 0.3 is 6.09 Å². The lowest BCUT2D eigenvalue weighted by Crippen LogP contribution is -2.57. The van der Waals surface area contributed by atoms with Crippen LogP contribution in [0.3, 0.4) is 0 Å². The largest absolute Gasteiger partial charge is 0.489 e. The summed E-state index contributed by atoms with van der Waals surface area (Å²) in [6.07, 6.45) is -0.283. The normalized spacial score (nSPS) is 17.0. The van der Waals surface area contributed by atoms with Gasteiger partial charge in [0.2, 0.25) is 0 Å². The van der Waals surface area contributed by atoms with Crippen molar-refractivity contribution in [3.05, 3.63) is 60.2 Å². The van der Waals surface area contributed by atoms with E-state index < -0.39 is 5.60 Å². The fourth-order valence-electron chi connectivity index (χ4n) is 3.48. The van der Waals surface area contributed by atoms with E-state index in [0.717, 1.165) is 23.5 Å². The average Bonchev–Trinajstić information content (AvgIpc) is 2.72. The number of anilines is 1. The predicted molar refractivity (Wildman–Crippen MR) is 118 cm³/mol. The summed E-state index contributed by atoms with van der Waals surface area (Å²) in [6, 6.07) is 18.2. The summed E-state index contributed by atoms with van der Waals surface area (Å²) in [4.78, 5) is 16.6. The summed E-state index contributed by atoms with van der Waals surface area (Å²) in [5.74, 6) is 0.837. The van der Waals surface area contributed by atoms with E-state index in [-0.39, 0.29) is 12.1 Å². The summed E-state index contributed by atoms with van der Waals surface area (Å²) >= 11 is 0. The number of carbonyl (C=O) groups is 1. The first-order valence-electron chi connectivity index (χ1n) is 10.4. The number of carbonyl (C=O) groups excluding carboxylic acids is 1.